The lowest BCUT2D eigenvalue weighted by Crippen LogP contribution is -2.50. The van der Waals surface area contributed by atoms with Crippen molar-refractivity contribution in [1.82, 2.24) is 31.8 Å². The van der Waals surface area contributed by atoms with Gasteiger partial charge < -0.3 is 15.3 Å². The van der Waals surface area contributed by atoms with Crippen LogP contribution in [-0.2, 0) is 9.63 Å². The number of amidine groups is 1. The summed E-state index contributed by atoms with van der Waals surface area (Å²) in [7, 11) is 0. The van der Waals surface area contributed by atoms with Crippen LogP contribution in [0.4, 0.5) is 4.79 Å². The average molecular weight is 327 g/mol. The van der Waals surface area contributed by atoms with Gasteiger partial charge in [-0.05, 0) is 12.8 Å². The minimum atomic E-state index is -0.476. The summed E-state index contributed by atoms with van der Waals surface area (Å²) in [5.41, 5.74) is 8.04. The molecule has 23 heavy (non-hydrogen) atoms. The van der Waals surface area contributed by atoms with Gasteiger partial charge in [0.25, 0.3) is 5.91 Å². The van der Waals surface area contributed by atoms with Crippen molar-refractivity contribution in [3.05, 3.63) is 0 Å². The van der Waals surface area contributed by atoms with Crippen molar-refractivity contribution < 1.29 is 19.5 Å². The minimum absolute atomic E-state index is 0.0141. The van der Waals surface area contributed by atoms with Crippen LogP contribution in [0.1, 0.15) is 19.3 Å². The summed E-state index contributed by atoms with van der Waals surface area (Å²) in [6.07, 6.45) is 1.86. The first-order valence-electron chi connectivity index (χ1n) is 7.63. The van der Waals surface area contributed by atoms with Gasteiger partial charge in [-0.1, -0.05) is 0 Å². The third-order valence-electron chi connectivity index (χ3n) is 3.98. The number of urea groups is 1. The van der Waals surface area contributed by atoms with Gasteiger partial charge in [-0.25, -0.2) is 15.8 Å². The fourth-order valence-corrected chi connectivity index (χ4v) is 2.82. The summed E-state index contributed by atoms with van der Waals surface area (Å²) >= 11 is 0. The molecule has 2 bridgehead atoms. The van der Waals surface area contributed by atoms with E-state index in [0.29, 0.717) is 31.8 Å². The zero-order valence-electron chi connectivity index (χ0n) is 12.6. The van der Waals surface area contributed by atoms with Crippen LogP contribution in [-0.4, -0.2) is 71.3 Å². The number of piperidine rings is 1. The molecular weight excluding hydrogens is 306 g/mol. The molecule has 0 radical (unpaired) electrons. The van der Waals surface area contributed by atoms with Crippen molar-refractivity contribution in [2.45, 2.75) is 31.3 Å². The Morgan fingerprint density at radius 2 is 2.35 bits per heavy atom. The van der Waals surface area contributed by atoms with Crippen molar-refractivity contribution in [2.75, 3.05) is 26.3 Å². The molecule has 3 aliphatic rings. The zero-order chi connectivity index (χ0) is 16.2. The van der Waals surface area contributed by atoms with Gasteiger partial charge in [0.1, 0.15) is 11.9 Å². The standard InChI is InChI=1S/C12H21N7O4/c20-5-3-10-14-17-19(15-10)4-6-23-16-11(21)9-2-1-8-7-18(9)12(22)13-8/h8-9,17,20H,1-7H2,(H,13,22)(H,14,15)(H,16,21)/t8-,9+/m1/s1. The number of hydrazone groups is 1. The number of hydrogen-bond donors (Lipinski definition) is 5. The van der Waals surface area contributed by atoms with E-state index < -0.39 is 6.04 Å². The summed E-state index contributed by atoms with van der Waals surface area (Å²) in [6, 6.07) is -0.504. The minimum Gasteiger partial charge on any atom is -0.396 e. The molecule has 0 spiro atoms. The first-order chi connectivity index (χ1) is 11.2. The van der Waals surface area contributed by atoms with Crippen molar-refractivity contribution in [3.8, 4) is 0 Å². The molecule has 2 atom stereocenters. The number of carbonyl (C=O) groups is 2. The third kappa shape index (κ3) is 3.63. The van der Waals surface area contributed by atoms with Gasteiger partial charge >= 0.3 is 6.03 Å². The van der Waals surface area contributed by atoms with Crippen LogP contribution in [0.25, 0.3) is 0 Å². The number of fused-ring (bicyclic) bond motifs is 2. The molecule has 0 aromatic carbocycles. The quantitative estimate of drug-likeness (QED) is 0.260. The Bertz CT molecular complexity index is 500. The summed E-state index contributed by atoms with van der Waals surface area (Å²) in [5, 5.41) is 17.2. The molecule has 3 heterocycles. The van der Waals surface area contributed by atoms with E-state index >= 15 is 0 Å². The number of hydroxylamine groups is 1. The van der Waals surface area contributed by atoms with Gasteiger partial charge in [-0.15, -0.1) is 10.2 Å². The molecule has 2 fully saturated rings. The molecule has 0 aromatic heterocycles. The molecule has 3 rings (SSSR count). The van der Waals surface area contributed by atoms with Crippen LogP contribution in [0.2, 0.25) is 0 Å². The fourth-order valence-electron chi connectivity index (χ4n) is 2.82. The number of nitrogens with zero attached hydrogens (tertiary/aromatic N) is 3. The van der Waals surface area contributed by atoms with E-state index in [4.69, 9.17) is 9.94 Å². The van der Waals surface area contributed by atoms with Gasteiger partial charge in [0.05, 0.1) is 19.8 Å². The Kier molecular flexibility index (Phi) is 4.79. The highest BCUT2D eigenvalue weighted by molar-refractivity contribution is 5.88. The Labute approximate surface area is 132 Å². The van der Waals surface area contributed by atoms with Crippen LogP contribution in [0.15, 0.2) is 5.10 Å². The predicted octanol–water partition coefficient (Wildman–Crippen LogP) is -2.39. The third-order valence-corrected chi connectivity index (χ3v) is 3.98. The molecule has 11 heteroatoms. The summed E-state index contributed by atoms with van der Waals surface area (Å²) in [6.45, 7) is 1.24. The van der Waals surface area contributed by atoms with Gasteiger partial charge in [0.2, 0.25) is 0 Å². The predicted molar refractivity (Wildman–Crippen MR) is 78.3 cm³/mol. The Morgan fingerprint density at radius 1 is 1.48 bits per heavy atom. The van der Waals surface area contributed by atoms with Gasteiger partial charge in [0, 0.05) is 19.0 Å². The summed E-state index contributed by atoms with van der Waals surface area (Å²) < 4.78 is 0. The summed E-state index contributed by atoms with van der Waals surface area (Å²) in [5.74, 6) is 0.327. The number of rotatable bonds is 7. The van der Waals surface area contributed by atoms with E-state index in [1.165, 1.54) is 0 Å². The number of hydrazine groups is 2. The lowest BCUT2D eigenvalue weighted by molar-refractivity contribution is -0.139. The van der Waals surface area contributed by atoms with Crippen LogP contribution in [0.3, 0.4) is 0 Å². The van der Waals surface area contributed by atoms with Crippen LogP contribution >= 0.6 is 0 Å². The highest BCUT2D eigenvalue weighted by Gasteiger charge is 2.41. The van der Waals surface area contributed by atoms with Gasteiger partial charge in [0.15, 0.2) is 0 Å². The van der Waals surface area contributed by atoms with Crippen molar-refractivity contribution in [2.24, 2.45) is 5.10 Å². The first-order valence-corrected chi connectivity index (χ1v) is 7.63. The van der Waals surface area contributed by atoms with Crippen LogP contribution in [0.5, 0.6) is 0 Å². The molecule has 0 aliphatic carbocycles. The van der Waals surface area contributed by atoms with E-state index in [-0.39, 0.29) is 31.2 Å². The van der Waals surface area contributed by atoms with Crippen molar-refractivity contribution >= 4 is 17.8 Å². The second-order valence-electron chi connectivity index (χ2n) is 5.60. The SMILES string of the molecule is O=C(NOCCN1NN=C(CCO)N1)[C@@H]1CC[C@@H]2CN1C(=O)N2. The highest BCUT2D eigenvalue weighted by atomic mass is 16.7. The second kappa shape index (κ2) is 6.98. The van der Waals surface area contributed by atoms with Crippen molar-refractivity contribution in [1.29, 1.82) is 0 Å². The Balaban J connectivity index is 1.33. The monoisotopic (exact) mass is 327 g/mol. The number of nitrogens with one attached hydrogen (secondary N) is 4. The maximum absolute atomic E-state index is 12.1. The largest absolute Gasteiger partial charge is 0.396 e. The highest BCUT2D eigenvalue weighted by Crippen LogP contribution is 2.22. The van der Waals surface area contributed by atoms with Crippen LogP contribution < -0.4 is 21.8 Å². The molecule has 5 N–H and O–H groups in total. The zero-order valence-corrected chi connectivity index (χ0v) is 12.6. The van der Waals surface area contributed by atoms with E-state index in [1.54, 1.807) is 10.0 Å². The topological polar surface area (TPSA) is 131 Å². The molecule has 0 saturated carbocycles. The smallest absolute Gasteiger partial charge is 0.318 e. The van der Waals surface area contributed by atoms with Crippen LogP contribution in [0, 0.1) is 0 Å². The fraction of sp³-hybridized carbons (Fsp3) is 0.750. The average Bonchev–Trinajstić information content (AvgIpc) is 3.09. The number of aliphatic hydroxyl groups excluding tert-OH is 1. The molecule has 3 amide bonds. The molecule has 0 unspecified atom stereocenters. The maximum atomic E-state index is 12.1. The van der Waals surface area contributed by atoms with E-state index in [0.717, 1.165) is 6.42 Å². The number of aliphatic hydroxyl groups is 1. The molecule has 2 saturated heterocycles. The van der Waals surface area contributed by atoms with Gasteiger partial charge in [-0.2, -0.15) is 0 Å². The van der Waals surface area contributed by atoms with Gasteiger partial charge in [-0.3, -0.25) is 15.1 Å². The van der Waals surface area contributed by atoms with E-state index in [9.17, 15) is 9.59 Å². The number of carbonyl (C=O) groups excluding carboxylic acids is 2. The Morgan fingerprint density at radius 3 is 3.17 bits per heavy atom. The molecule has 128 valence electrons. The Hall–Kier alpha value is -2.11. The van der Waals surface area contributed by atoms with Crippen molar-refractivity contribution in [3.63, 3.8) is 0 Å². The van der Waals surface area contributed by atoms with E-state index in [2.05, 4.69) is 26.9 Å². The second-order valence-corrected chi connectivity index (χ2v) is 5.60. The lowest BCUT2D eigenvalue weighted by Gasteiger charge is -2.29. The maximum Gasteiger partial charge on any atom is 0.318 e. The molecule has 0 aromatic rings. The molecule has 3 aliphatic heterocycles. The van der Waals surface area contributed by atoms with E-state index in [1.807, 2.05) is 0 Å². The molecular formula is C12H21N7O4. The number of hydrogen-bond acceptors (Lipinski definition) is 8. The first kappa shape index (κ1) is 15.8. The molecule has 11 nitrogen and oxygen atoms in total. The normalized spacial score (nSPS) is 26.4. The summed E-state index contributed by atoms with van der Waals surface area (Å²) in [4.78, 5) is 30.5. The lowest BCUT2D eigenvalue weighted by atomic mass is 10.0. The number of amides is 3.